The summed E-state index contributed by atoms with van der Waals surface area (Å²) in [4.78, 5) is 28.8. The first-order chi connectivity index (χ1) is 20.1. The lowest BCUT2D eigenvalue weighted by molar-refractivity contribution is 0.0761. The van der Waals surface area contributed by atoms with E-state index in [2.05, 4.69) is 4.90 Å². The van der Waals surface area contributed by atoms with Crippen LogP contribution in [0.1, 0.15) is 30.1 Å². The van der Waals surface area contributed by atoms with E-state index in [-0.39, 0.29) is 11.7 Å². The van der Waals surface area contributed by atoms with Gasteiger partial charge >= 0.3 is 11.7 Å². The molecule has 0 bridgehead atoms. The topological polar surface area (TPSA) is 115 Å². The van der Waals surface area contributed by atoms with Crippen LogP contribution in [0.5, 0.6) is 0 Å². The Morgan fingerprint density at radius 1 is 1.05 bits per heavy atom. The van der Waals surface area contributed by atoms with E-state index in [9.17, 15) is 14.7 Å². The quantitative estimate of drug-likeness (QED) is 0.329. The Bertz CT molecular complexity index is 1720. The van der Waals surface area contributed by atoms with Gasteiger partial charge in [0.1, 0.15) is 0 Å². The molecule has 222 valence electrons. The van der Waals surface area contributed by atoms with Crippen molar-refractivity contribution >= 4 is 51.9 Å². The zero-order valence-electron chi connectivity index (χ0n) is 23.1. The smallest absolute Gasteiger partial charge is 0.329 e. The molecule has 4 aromatic rings. The number of carbonyl (C=O) groups excluding carboxylic acids is 1. The van der Waals surface area contributed by atoms with Gasteiger partial charge in [-0.1, -0.05) is 40.9 Å². The number of aromatic nitrogens is 4. The number of piperidine rings is 1. The molecule has 2 aliphatic rings. The summed E-state index contributed by atoms with van der Waals surface area (Å²) in [6.45, 7) is 3.11. The number of β-amino-alcohol motifs (C(OH)–C–C–N with tert-alkyl or cyclic N) is 1. The Balaban J connectivity index is 1.16. The molecule has 13 heteroatoms. The van der Waals surface area contributed by atoms with Crippen molar-refractivity contribution in [2.24, 2.45) is 12.8 Å². The zero-order chi connectivity index (χ0) is 29.7. The van der Waals surface area contributed by atoms with E-state index in [1.54, 1.807) is 34.7 Å². The van der Waals surface area contributed by atoms with Gasteiger partial charge in [0, 0.05) is 67.5 Å². The fraction of sp³-hybridized carbons (Fsp3) is 0.414. The highest BCUT2D eigenvalue weighted by atomic mass is 35.5. The molecule has 1 fully saturated rings. The second kappa shape index (κ2) is 11.6. The van der Waals surface area contributed by atoms with E-state index in [1.165, 1.54) is 0 Å². The van der Waals surface area contributed by atoms with Gasteiger partial charge in [-0.3, -0.25) is 13.8 Å². The van der Waals surface area contributed by atoms with Crippen LogP contribution >= 0.6 is 34.8 Å². The number of amides is 2. The Morgan fingerprint density at radius 2 is 1.81 bits per heavy atom. The van der Waals surface area contributed by atoms with Crippen molar-refractivity contribution < 1.29 is 9.90 Å². The molecule has 4 heterocycles. The molecular weight excluding hydrogens is 601 g/mol. The lowest BCUT2D eigenvalue weighted by Crippen LogP contribution is -2.42. The highest BCUT2D eigenvalue weighted by molar-refractivity contribution is 6.42. The lowest BCUT2D eigenvalue weighted by Gasteiger charge is -2.33. The van der Waals surface area contributed by atoms with Crippen molar-refractivity contribution in [3.05, 3.63) is 73.2 Å². The molecule has 2 amide bonds. The van der Waals surface area contributed by atoms with Crippen molar-refractivity contribution in [3.8, 4) is 11.3 Å². The number of hydrogen-bond acceptors (Lipinski definition) is 5. The SMILES string of the molecule is Cn1c(=O)n(C2CCN(C[C@H](O)Cn3nc(-c4ccc(Cl)c(Cl)c4)c4c3CCN(C(N)=O)C4)CC2)c2cc(Cl)ccc21. The van der Waals surface area contributed by atoms with Gasteiger partial charge in [0.25, 0.3) is 0 Å². The van der Waals surface area contributed by atoms with Crippen LogP contribution in [0, 0.1) is 0 Å². The predicted molar refractivity (Wildman–Crippen MR) is 164 cm³/mol. The summed E-state index contributed by atoms with van der Waals surface area (Å²) in [5.74, 6) is 0. The van der Waals surface area contributed by atoms with Gasteiger partial charge in [-0.15, -0.1) is 0 Å². The number of fused-ring (bicyclic) bond motifs is 2. The van der Waals surface area contributed by atoms with E-state index in [0.717, 1.165) is 53.8 Å². The number of aryl methyl sites for hydroxylation is 1. The van der Waals surface area contributed by atoms with Gasteiger partial charge in [0.05, 0.1) is 46.0 Å². The summed E-state index contributed by atoms with van der Waals surface area (Å²) in [5.41, 5.74) is 10.6. The predicted octanol–water partition coefficient (Wildman–Crippen LogP) is 4.30. The zero-order valence-corrected chi connectivity index (χ0v) is 25.4. The highest BCUT2D eigenvalue weighted by Gasteiger charge is 2.30. The van der Waals surface area contributed by atoms with Gasteiger partial charge in [0.2, 0.25) is 0 Å². The first-order valence-corrected chi connectivity index (χ1v) is 15.1. The standard InChI is InChI=1S/C29H32Cl3N7O3/c1-35-25-5-3-18(30)13-26(25)39(29(35)42)19-6-9-36(10-7-19)14-20(40)15-38-24-8-11-37(28(33)41)16-21(24)27(34-38)17-2-4-22(31)23(32)12-17/h2-5,12-13,19-20,40H,6-11,14-16H2,1H3,(H2,33,41)/t20-/m0/s1. The first kappa shape index (κ1) is 29.1. The van der Waals surface area contributed by atoms with E-state index in [4.69, 9.17) is 45.6 Å². The molecule has 0 unspecified atom stereocenters. The average Bonchev–Trinajstić information content (AvgIpc) is 3.44. The third-order valence-electron chi connectivity index (χ3n) is 8.46. The lowest BCUT2D eigenvalue weighted by atomic mass is 10.0. The number of imidazole rings is 1. The van der Waals surface area contributed by atoms with Gasteiger partial charge in [-0.2, -0.15) is 5.10 Å². The Labute approximate surface area is 257 Å². The maximum atomic E-state index is 13.1. The molecule has 0 radical (unpaired) electrons. The second-order valence-corrected chi connectivity index (χ2v) is 12.4. The van der Waals surface area contributed by atoms with Crippen molar-refractivity contribution in [1.29, 1.82) is 0 Å². The van der Waals surface area contributed by atoms with E-state index < -0.39 is 12.1 Å². The summed E-state index contributed by atoms with van der Waals surface area (Å²) >= 11 is 18.7. The van der Waals surface area contributed by atoms with Gasteiger partial charge in [-0.05, 0) is 43.2 Å². The summed E-state index contributed by atoms with van der Waals surface area (Å²) in [7, 11) is 1.78. The van der Waals surface area contributed by atoms with Crippen molar-refractivity contribution in [1.82, 2.24) is 28.7 Å². The maximum Gasteiger partial charge on any atom is 0.329 e. The van der Waals surface area contributed by atoms with Crippen molar-refractivity contribution in [3.63, 3.8) is 0 Å². The van der Waals surface area contributed by atoms with E-state index in [0.29, 0.717) is 53.4 Å². The minimum Gasteiger partial charge on any atom is -0.390 e. The number of carbonyl (C=O) groups is 1. The third kappa shape index (κ3) is 5.42. The molecule has 6 rings (SSSR count). The number of urea groups is 1. The molecule has 1 atom stereocenters. The number of aliphatic hydroxyl groups is 1. The molecule has 42 heavy (non-hydrogen) atoms. The number of benzene rings is 2. The van der Waals surface area contributed by atoms with Crippen LogP contribution in [0.15, 0.2) is 41.2 Å². The summed E-state index contributed by atoms with van der Waals surface area (Å²) in [6, 6.07) is 10.4. The highest BCUT2D eigenvalue weighted by Crippen LogP contribution is 2.34. The van der Waals surface area contributed by atoms with Crippen molar-refractivity contribution in [2.75, 3.05) is 26.2 Å². The van der Waals surface area contributed by atoms with Crippen LogP contribution in [0.4, 0.5) is 4.79 Å². The summed E-state index contributed by atoms with van der Waals surface area (Å²) in [5, 5.41) is 17.5. The van der Waals surface area contributed by atoms with Crippen LogP contribution < -0.4 is 11.4 Å². The Kier molecular flexibility index (Phi) is 8.01. The number of aliphatic hydroxyl groups excluding tert-OH is 1. The number of primary amides is 1. The molecule has 10 nitrogen and oxygen atoms in total. The van der Waals surface area contributed by atoms with Gasteiger partial charge < -0.3 is 20.6 Å². The monoisotopic (exact) mass is 631 g/mol. The molecule has 0 saturated carbocycles. The number of hydrogen-bond donors (Lipinski definition) is 2. The second-order valence-electron chi connectivity index (χ2n) is 11.1. The number of nitrogens with two attached hydrogens (primary N) is 1. The average molecular weight is 633 g/mol. The van der Waals surface area contributed by atoms with Gasteiger partial charge in [0.15, 0.2) is 0 Å². The largest absolute Gasteiger partial charge is 0.390 e. The van der Waals surface area contributed by atoms with Gasteiger partial charge in [-0.25, -0.2) is 9.59 Å². The van der Waals surface area contributed by atoms with Crippen LogP contribution in [-0.4, -0.2) is 72.1 Å². The van der Waals surface area contributed by atoms with E-state index in [1.807, 2.05) is 27.4 Å². The molecule has 2 aromatic carbocycles. The molecule has 2 aliphatic heterocycles. The maximum absolute atomic E-state index is 13.1. The van der Waals surface area contributed by atoms with Crippen molar-refractivity contribution in [2.45, 2.75) is 44.5 Å². The molecule has 1 saturated heterocycles. The minimum absolute atomic E-state index is 0.0399. The number of likely N-dealkylation sites (tertiary alicyclic amines) is 1. The molecule has 3 N–H and O–H groups in total. The van der Waals surface area contributed by atoms with Crippen LogP contribution in [0.3, 0.4) is 0 Å². The van der Waals surface area contributed by atoms with Crippen LogP contribution in [-0.2, 0) is 26.6 Å². The number of rotatable bonds is 6. The molecule has 0 spiro atoms. The number of nitrogens with zero attached hydrogens (tertiary/aromatic N) is 6. The fourth-order valence-electron chi connectivity index (χ4n) is 6.31. The minimum atomic E-state index is -0.666. The molecule has 2 aromatic heterocycles. The Hall–Kier alpha value is -3.02. The first-order valence-electron chi connectivity index (χ1n) is 14.0. The van der Waals surface area contributed by atoms with E-state index >= 15 is 0 Å². The summed E-state index contributed by atoms with van der Waals surface area (Å²) in [6.07, 6.45) is 1.49. The third-order valence-corrected chi connectivity index (χ3v) is 9.44. The fourth-order valence-corrected chi connectivity index (χ4v) is 6.78. The molecule has 0 aliphatic carbocycles. The Morgan fingerprint density at radius 3 is 2.52 bits per heavy atom. The number of halogens is 3. The molecular formula is C29H32Cl3N7O3. The van der Waals surface area contributed by atoms with Crippen LogP contribution in [0.2, 0.25) is 15.1 Å². The normalized spacial score (nSPS) is 17.1. The summed E-state index contributed by atoms with van der Waals surface area (Å²) < 4.78 is 5.38. The van der Waals surface area contributed by atoms with Crippen LogP contribution in [0.25, 0.3) is 22.3 Å².